The summed E-state index contributed by atoms with van der Waals surface area (Å²) in [7, 11) is 0. The van der Waals surface area contributed by atoms with Crippen molar-refractivity contribution in [3.05, 3.63) is 24.0 Å². The molecular formula is C9H15NO. The molecule has 0 aliphatic rings. The highest BCUT2D eigenvalue weighted by molar-refractivity contribution is 5.09. The maximum absolute atomic E-state index is 9.71. The Balaban J connectivity index is 2.78. The Labute approximate surface area is 67.3 Å². The SMILES string of the molecule is CC(C)(C)[C@@H](O)c1ccc[nH]1. The van der Waals surface area contributed by atoms with Crippen LogP contribution in [0.3, 0.4) is 0 Å². The molecule has 0 aliphatic carbocycles. The van der Waals surface area contributed by atoms with E-state index in [0.29, 0.717) is 0 Å². The van der Waals surface area contributed by atoms with Crippen molar-refractivity contribution in [2.75, 3.05) is 0 Å². The van der Waals surface area contributed by atoms with Gasteiger partial charge in [0.25, 0.3) is 0 Å². The van der Waals surface area contributed by atoms with Crippen molar-refractivity contribution in [3.63, 3.8) is 0 Å². The van der Waals surface area contributed by atoms with E-state index in [1.807, 2.05) is 39.1 Å². The molecule has 0 fully saturated rings. The second-order valence-corrected chi connectivity index (χ2v) is 3.89. The van der Waals surface area contributed by atoms with E-state index in [4.69, 9.17) is 0 Å². The Morgan fingerprint density at radius 2 is 2.09 bits per heavy atom. The number of rotatable bonds is 1. The van der Waals surface area contributed by atoms with Gasteiger partial charge >= 0.3 is 0 Å². The summed E-state index contributed by atoms with van der Waals surface area (Å²) < 4.78 is 0. The summed E-state index contributed by atoms with van der Waals surface area (Å²) >= 11 is 0. The van der Waals surface area contributed by atoms with Gasteiger partial charge in [0.2, 0.25) is 0 Å². The minimum absolute atomic E-state index is 0.0924. The summed E-state index contributed by atoms with van der Waals surface area (Å²) in [5.41, 5.74) is 0.794. The zero-order valence-electron chi connectivity index (χ0n) is 7.26. The van der Waals surface area contributed by atoms with Crippen molar-refractivity contribution in [2.45, 2.75) is 26.9 Å². The van der Waals surface area contributed by atoms with Crippen LogP contribution in [0.25, 0.3) is 0 Å². The maximum atomic E-state index is 9.71. The Hall–Kier alpha value is -0.760. The standard InChI is InChI=1S/C9H15NO/c1-9(2,3)8(11)7-5-4-6-10-7/h4-6,8,10-11H,1-3H3/t8-/m0/s1. The molecule has 0 aromatic carbocycles. The maximum Gasteiger partial charge on any atom is 0.0985 e. The van der Waals surface area contributed by atoms with Crippen LogP contribution in [-0.2, 0) is 0 Å². The lowest BCUT2D eigenvalue weighted by Gasteiger charge is -2.24. The lowest BCUT2D eigenvalue weighted by atomic mass is 9.87. The Morgan fingerprint density at radius 3 is 2.45 bits per heavy atom. The Kier molecular flexibility index (Phi) is 2.05. The molecule has 11 heavy (non-hydrogen) atoms. The van der Waals surface area contributed by atoms with Crippen LogP contribution in [0.15, 0.2) is 18.3 Å². The molecule has 0 spiro atoms. The zero-order chi connectivity index (χ0) is 8.48. The number of aromatic nitrogens is 1. The number of aliphatic hydroxyl groups is 1. The molecule has 0 aliphatic heterocycles. The van der Waals surface area contributed by atoms with Crippen LogP contribution >= 0.6 is 0 Å². The van der Waals surface area contributed by atoms with Gasteiger partial charge in [-0.2, -0.15) is 0 Å². The van der Waals surface area contributed by atoms with Gasteiger partial charge in [-0.25, -0.2) is 0 Å². The first-order valence-electron chi connectivity index (χ1n) is 3.83. The highest BCUT2D eigenvalue weighted by atomic mass is 16.3. The summed E-state index contributed by atoms with van der Waals surface area (Å²) in [5.74, 6) is 0. The van der Waals surface area contributed by atoms with Gasteiger partial charge < -0.3 is 10.1 Å². The van der Waals surface area contributed by atoms with E-state index in [9.17, 15) is 5.11 Å². The molecule has 1 heterocycles. The third-order valence-electron chi connectivity index (χ3n) is 1.74. The second-order valence-electron chi connectivity index (χ2n) is 3.89. The fourth-order valence-electron chi connectivity index (χ4n) is 0.981. The number of hydrogen-bond donors (Lipinski definition) is 2. The lowest BCUT2D eigenvalue weighted by molar-refractivity contribution is 0.0594. The number of hydrogen-bond acceptors (Lipinski definition) is 1. The molecule has 0 saturated carbocycles. The molecule has 0 radical (unpaired) electrons. The first-order chi connectivity index (χ1) is 5.02. The van der Waals surface area contributed by atoms with E-state index in [0.717, 1.165) is 5.69 Å². The van der Waals surface area contributed by atoms with Crippen molar-refractivity contribution < 1.29 is 5.11 Å². The van der Waals surface area contributed by atoms with Crippen molar-refractivity contribution in [3.8, 4) is 0 Å². The van der Waals surface area contributed by atoms with E-state index in [-0.39, 0.29) is 5.41 Å². The highest BCUT2D eigenvalue weighted by Gasteiger charge is 2.23. The van der Waals surface area contributed by atoms with Crippen molar-refractivity contribution in [1.82, 2.24) is 4.98 Å². The number of aromatic amines is 1. The summed E-state index contributed by atoms with van der Waals surface area (Å²) in [4.78, 5) is 2.99. The average molecular weight is 153 g/mol. The number of H-pyrrole nitrogens is 1. The molecule has 0 amide bonds. The normalized spacial score (nSPS) is 14.9. The summed E-state index contributed by atoms with van der Waals surface area (Å²) in [6, 6.07) is 3.79. The van der Waals surface area contributed by atoms with E-state index in [2.05, 4.69) is 4.98 Å². The predicted octanol–water partition coefficient (Wildman–Crippen LogP) is 2.09. The van der Waals surface area contributed by atoms with Crippen molar-refractivity contribution in [1.29, 1.82) is 0 Å². The molecule has 1 aromatic rings. The summed E-state index contributed by atoms with van der Waals surface area (Å²) in [5, 5.41) is 9.71. The highest BCUT2D eigenvalue weighted by Crippen LogP contribution is 2.30. The summed E-state index contributed by atoms with van der Waals surface area (Å²) in [6.45, 7) is 6.04. The molecule has 62 valence electrons. The monoisotopic (exact) mass is 153 g/mol. The lowest BCUT2D eigenvalue weighted by Crippen LogP contribution is -2.17. The van der Waals surface area contributed by atoms with E-state index in [1.165, 1.54) is 0 Å². The molecule has 2 heteroatoms. The number of nitrogens with one attached hydrogen (secondary N) is 1. The third-order valence-corrected chi connectivity index (χ3v) is 1.74. The zero-order valence-corrected chi connectivity index (χ0v) is 7.26. The van der Waals surface area contributed by atoms with E-state index in [1.54, 1.807) is 0 Å². The van der Waals surface area contributed by atoms with Crippen LogP contribution in [0.5, 0.6) is 0 Å². The molecule has 0 saturated heterocycles. The minimum atomic E-state index is -0.405. The van der Waals surface area contributed by atoms with Crippen LogP contribution < -0.4 is 0 Å². The fraction of sp³-hybridized carbons (Fsp3) is 0.556. The molecule has 0 unspecified atom stereocenters. The quantitative estimate of drug-likeness (QED) is 0.636. The van der Waals surface area contributed by atoms with Crippen LogP contribution in [-0.4, -0.2) is 10.1 Å². The van der Waals surface area contributed by atoms with Gasteiger partial charge in [0.15, 0.2) is 0 Å². The third kappa shape index (κ3) is 1.84. The molecular weight excluding hydrogens is 138 g/mol. The largest absolute Gasteiger partial charge is 0.386 e. The van der Waals surface area contributed by atoms with E-state index >= 15 is 0 Å². The average Bonchev–Trinajstić information content (AvgIpc) is 2.34. The second kappa shape index (κ2) is 2.70. The van der Waals surface area contributed by atoms with Gasteiger partial charge in [0.1, 0.15) is 0 Å². The van der Waals surface area contributed by atoms with Crippen LogP contribution in [0.4, 0.5) is 0 Å². The van der Waals surface area contributed by atoms with Gasteiger partial charge in [0, 0.05) is 11.9 Å². The van der Waals surface area contributed by atoms with Crippen LogP contribution in [0.2, 0.25) is 0 Å². The topological polar surface area (TPSA) is 36.0 Å². The van der Waals surface area contributed by atoms with Gasteiger partial charge in [-0.05, 0) is 17.5 Å². The van der Waals surface area contributed by atoms with Gasteiger partial charge in [-0.3, -0.25) is 0 Å². The minimum Gasteiger partial charge on any atom is -0.386 e. The molecule has 1 atom stereocenters. The van der Waals surface area contributed by atoms with Crippen molar-refractivity contribution >= 4 is 0 Å². The number of aliphatic hydroxyl groups excluding tert-OH is 1. The molecule has 0 bridgehead atoms. The van der Waals surface area contributed by atoms with Crippen LogP contribution in [0, 0.1) is 5.41 Å². The first kappa shape index (κ1) is 8.34. The van der Waals surface area contributed by atoms with Crippen molar-refractivity contribution in [2.24, 2.45) is 5.41 Å². The van der Waals surface area contributed by atoms with E-state index < -0.39 is 6.10 Å². The molecule has 1 rings (SSSR count). The first-order valence-corrected chi connectivity index (χ1v) is 3.83. The molecule has 1 aromatic heterocycles. The van der Waals surface area contributed by atoms with Gasteiger partial charge in [0.05, 0.1) is 6.10 Å². The molecule has 2 nitrogen and oxygen atoms in total. The predicted molar refractivity (Wildman–Crippen MR) is 45.2 cm³/mol. The smallest absolute Gasteiger partial charge is 0.0985 e. The summed E-state index contributed by atoms with van der Waals surface area (Å²) in [6.07, 6.45) is 1.42. The Bertz CT molecular complexity index is 208. The molecule has 2 N–H and O–H groups in total. The van der Waals surface area contributed by atoms with Gasteiger partial charge in [-0.1, -0.05) is 20.8 Å². The van der Waals surface area contributed by atoms with Crippen LogP contribution in [0.1, 0.15) is 32.6 Å². The fourth-order valence-corrected chi connectivity index (χ4v) is 0.981. The Morgan fingerprint density at radius 1 is 1.45 bits per heavy atom. The van der Waals surface area contributed by atoms with Gasteiger partial charge in [-0.15, -0.1) is 0 Å².